The number of carbonyl (C=O) groups is 1. The van der Waals surface area contributed by atoms with Gasteiger partial charge in [-0.05, 0) is 13.8 Å². The molecule has 2 saturated heterocycles. The number of nitrogens with zero attached hydrogens (tertiary/aromatic N) is 2. The van der Waals surface area contributed by atoms with Crippen molar-refractivity contribution < 1.29 is 28.6 Å². The molecule has 0 radical (unpaired) electrons. The number of aliphatic imine (C=N–C) groups is 1. The molecule has 5 atom stereocenters. The number of nitrogen functional groups attached to an aromatic ring is 1. The summed E-state index contributed by atoms with van der Waals surface area (Å²) in [5, 5.41) is 13.2. The number of nitrogens with one attached hydrogen (secondary N) is 2. The molecule has 1 aromatic heterocycles. The first-order valence-corrected chi connectivity index (χ1v) is 11.5. The van der Waals surface area contributed by atoms with Crippen LogP contribution in [-0.4, -0.2) is 73.9 Å². The number of aromatic amines is 1. The first-order chi connectivity index (χ1) is 14.6. The Morgan fingerprint density at radius 1 is 1.52 bits per heavy atom. The monoisotopic (exact) mass is 476 g/mol. The van der Waals surface area contributed by atoms with Crippen molar-refractivity contribution >= 4 is 43.1 Å². The van der Waals surface area contributed by atoms with Crippen LogP contribution in [0.25, 0.3) is 0 Å². The number of rotatable bonds is 6. The summed E-state index contributed by atoms with van der Waals surface area (Å²) in [4.78, 5) is 44.3. The average molecular weight is 476 g/mol. The maximum absolute atomic E-state index is 12.4. The van der Waals surface area contributed by atoms with Crippen LogP contribution in [0.5, 0.6) is 0 Å². The second-order valence-electron chi connectivity index (χ2n) is 7.22. The molecule has 0 saturated carbocycles. The van der Waals surface area contributed by atoms with E-state index in [1.807, 2.05) is 13.8 Å². The Kier molecular flexibility index (Phi) is 7.86. The predicted octanol–water partition coefficient (Wildman–Crippen LogP) is -1.14. The molecule has 172 valence electrons. The maximum atomic E-state index is 12.4. The van der Waals surface area contributed by atoms with Crippen molar-refractivity contribution in [3.8, 4) is 0 Å². The number of aliphatic hydroxyl groups excluding tert-OH is 1. The van der Waals surface area contributed by atoms with Crippen molar-refractivity contribution in [2.45, 2.75) is 50.7 Å². The van der Waals surface area contributed by atoms with Crippen LogP contribution >= 0.6 is 20.4 Å². The highest BCUT2D eigenvalue weighted by atomic mass is 32.2. The Labute approximate surface area is 182 Å². The van der Waals surface area contributed by atoms with Crippen LogP contribution < -0.4 is 22.3 Å². The molecule has 2 aliphatic rings. The van der Waals surface area contributed by atoms with Crippen molar-refractivity contribution in [2.24, 2.45) is 10.7 Å². The van der Waals surface area contributed by atoms with E-state index < -0.39 is 38.6 Å². The number of carbonyl (C=O) groups excluding carboxylic acids is 1. The standard InChI is InChI=1S/C16H25N6O7PS/c1-6(2)19-10(23)5-31-16(18)21-11-7(20-15(17)22-14(11)25)3-8-12(24)13-9(28-8)4-27-30(26)29-13/h6,8-9,12-13,24,26H,3-5H2,1-2H3,(H2,18,21)(H,19,23)(H3,17,20,22,25). The molecular formula is C16H25N6O7PS. The Balaban J connectivity index is 1.76. The molecule has 2 fully saturated rings. The number of amidine groups is 1. The largest absolute Gasteiger partial charge is 0.388 e. The number of aromatic nitrogens is 2. The average Bonchev–Trinajstić information content (AvgIpc) is 2.97. The lowest BCUT2D eigenvalue weighted by Crippen LogP contribution is -2.39. The smallest absolute Gasteiger partial charge is 0.330 e. The van der Waals surface area contributed by atoms with Gasteiger partial charge >= 0.3 is 8.60 Å². The Bertz CT molecular complexity index is 900. The molecular weight excluding hydrogens is 451 g/mol. The van der Waals surface area contributed by atoms with E-state index in [-0.39, 0.29) is 53.2 Å². The van der Waals surface area contributed by atoms with Gasteiger partial charge in [0, 0.05) is 12.5 Å². The number of hydrogen-bond acceptors (Lipinski definition) is 11. The molecule has 0 aliphatic carbocycles. The molecule has 13 nitrogen and oxygen atoms in total. The second kappa shape index (κ2) is 10.2. The van der Waals surface area contributed by atoms with Crippen molar-refractivity contribution in [1.82, 2.24) is 15.3 Å². The molecule has 5 unspecified atom stereocenters. The zero-order valence-corrected chi connectivity index (χ0v) is 18.6. The van der Waals surface area contributed by atoms with E-state index in [0.717, 1.165) is 11.8 Å². The molecule has 15 heteroatoms. The summed E-state index contributed by atoms with van der Waals surface area (Å²) in [7, 11) is -2.08. The molecule has 31 heavy (non-hydrogen) atoms. The molecule has 0 aromatic carbocycles. The number of ether oxygens (including phenoxy) is 1. The van der Waals surface area contributed by atoms with Gasteiger partial charge in [0.1, 0.15) is 18.3 Å². The lowest BCUT2D eigenvalue weighted by molar-refractivity contribution is -0.119. The van der Waals surface area contributed by atoms with E-state index in [1.54, 1.807) is 0 Å². The minimum Gasteiger partial charge on any atom is -0.388 e. The van der Waals surface area contributed by atoms with Crippen LogP contribution in [0.3, 0.4) is 0 Å². The molecule has 1 amide bonds. The fourth-order valence-electron chi connectivity index (χ4n) is 3.15. The fraction of sp³-hybridized carbons (Fsp3) is 0.625. The number of thioether (sulfide) groups is 1. The first kappa shape index (κ1) is 23.9. The predicted molar refractivity (Wildman–Crippen MR) is 115 cm³/mol. The number of anilines is 1. The van der Waals surface area contributed by atoms with Gasteiger partial charge in [-0.15, -0.1) is 0 Å². The van der Waals surface area contributed by atoms with Crippen LogP contribution in [0, 0.1) is 0 Å². The summed E-state index contributed by atoms with van der Waals surface area (Å²) in [5.74, 6) is -0.331. The van der Waals surface area contributed by atoms with Crippen LogP contribution in [0.4, 0.5) is 11.6 Å². The van der Waals surface area contributed by atoms with E-state index in [0.29, 0.717) is 0 Å². The zero-order valence-electron chi connectivity index (χ0n) is 16.8. The minimum absolute atomic E-state index is 0.0126. The minimum atomic E-state index is -2.08. The zero-order chi connectivity index (χ0) is 22.7. The molecule has 0 bridgehead atoms. The van der Waals surface area contributed by atoms with Gasteiger partial charge in [-0.3, -0.25) is 14.6 Å². The van der Waals surface area contributed by atoms with E-state index in [9.17, 15) is 19.6 Å². The Morgan fingerprint density at radius 3 is 2.97 bits per heavy atom. The molecule has 0 spiro atoms. The van der Waals surface area contributed by atoms with Gasteiger partial charge in [0.25, 0.3) is 5.56 Å². The summed E-state index contributed by atoms with van der Waals surface area (Å²) < 4.78 is 16.0. The van der Waals surface area contributed by atoms with Gasteiger partial charge < -0.3 is 40.6 Å². The van der Waals surface area contributed by atoms with Gasteiger partial charge in [-0.2, -0.15) is 0 Å². The number of amides is 1. The summed E-state index contributed by atoms with van der Waals surface area (Å²) in [6, 6.07) is -0.0136. The highest BCUT2D eigenvalue weighted by molar-refractivity contribution is 8.14. The highest BCUT2D eigenvalue weighted by Gasteiger charge is 2.49. The van der Waals surface area contributed by atoms with Crippen LogP contribution in [0.15, 0.2) is 9.79 Å². The molecule has 2 aliphatic heterocycles. The van der Waals surface area contributed by atoms with Gasteiger partial charge in [0.05, 0.1) is 24.2 Å². The summed E-state index contributed by atoms with van der Waals surface area (Å²) in [5.41, 5.74) is 11.0. The summed E-state index contributed by atoms with van der Waals surface area (Å²) >= 11 is 0.964. The molecule has 3 heterocycles. The van der Waals surface area contributed by atoms with Crippen LogP contribution in [0.2, 0.25) is 0 Å². The summed E-state index contributed by atoms with van der Waals surface area (Å²) in [6.45, 7) is 3.74. The van der Waals surface area contributed by atoms with Gasteiger partial charge in [0.2, 0.25) is 11.9 Å². The van der Waals surface area contributed by atoms with E-state index in [2.05, 4.69) is 20.3 Å². The quantitative estimate of drug-likeness (QED) is 0.164. The van der Waals surface area contributed by atoms with Crippen LogP contribution in [-0.2, 0) is 25.0 Å². The van der Waals surface area contributed by atoms with Crippen molar-refractivity contribution in [3.05, 3.63) is 16.0 Å². The normalized spacial score (nSPS) is 28.5. The number of aliphatic hydroxyl groups is 1. The molecule has 8 N–H and O–H groups in total. The topological polar surface area (TPSA) is 207 Å². The Hall–Kier alpha value is -1.80. The van der Waals surface area contributed by atoms with E-state index in [1.165, 1.54) is 0 Å². The molecule has 1 aromatic rings. The third-order valence-corrected chi connectivity index (χ3v) is 5.98. The number of hydrogen-bond donors (Lipinski definition) is 6. The highest BCUT2D eigenvalue weighted by Crippen LogP contribution is 2.44. The van der Waals surface area contributed by atoms with Crippen molar-refractivity contribution in [2.75, 3.05) is 18.1 Å². The van der Waals surface area contributed by atoms with Crippen molar-refractivity contribution in [1.29, 1.82) is 0 Å². The lowest BCUT2D eigenvalue weighted by Gasteiger charge is -2.27. The van der Waals surface area contributed by atoms with E-state index in [4.69, 9.17) is 25.3 Å². The van der Waals surface area contributed by atoms with Crippen LogP contribution in [0.1, 0.15) is 19.5 Å². The first-order valence-electron chi connectivity index (χ1n) is 9.41. The number of H-pyrrole nitrogens is 1. The maximum Gasteiger partial charge on any atom is 0.330 e. The molecule has 3 rings (SSSR count). The third kappa shape index (κ3) is 6.13. The van der Waals surface area contributed by atoms with Crippen molar-refractivity contribution in [3.63, 3.8) is 0 Å². The number of nitrogens with two attached hydrogens (primary N) is 2. The lowest BCUT2D eigenvalue weighted by atomic mass is 10.0. The number of fused-ring (bicyclic) bond motifs is 1. The third-order valence-electron chi connectivity index (χ3n) is 4.40. The fourth-order valence-corrected chi connectivity index (χ4v) is 4.47. The van der Waals surface area contributed by atoms with Gasteiger partial charge in [-0.25, -0.2) is 9.98 Å². The van der Waals surface area contributed by atoms with E-state index >= 15 is 0 Å². The van der Waals surface area contributed by atoms with Gasteiger partial charge in [-0.1, -0.05) is 11.8 Å². The second-order valence-corrected chi connectivity index (χ2v) is 9.16. The summed E-state index contributed by atoms with van der Waals surface area (Å²) in [6.07, 6.45) is -3.23. The Morgan fingerprint density at radius 2 is 2.26 bits per heavy atom. The SMILES string of the molecule is CC(C)NC(=O)CSC(N)=Nc1c(CC2OC3COP(O)OC3C2O)nc(N)[nH]c1=O. The van der Waals surface area contributed by atoms with Gasteiger partial charge in [0.15, 0.2) is 10.9 Å².